The van der Waals surface area contributed by atoms with Gasteiger partial charge in [0.25, 0.3) is 0 Å². The first kappa shape index (κ1) is 17.1. The first-order valence-electron chi connectivity index (χ1n) is 8.00. The van der Waals surface area contributed by atoms with Crippen LogP contribution < -0.4 is 5.46 Å². The number of benzene rings is 2. The number of allylic oxidation sites excluding steroid dienone is 4. The molecular formula is C22H23B. The van der Waals surface area contributed by atoms with Crippen LogP contribution in [0.4, 0.5) is 0 Å². The second-order valence-corrected chi connectivity index (χ2v) is 5.87. The fourth-order valence-electron chi connectivity index (χ4n) is 2.51. The summed E-state index contributed by atoms with van der Waals surface area (Å²) >= 11 is 0. The van der Waals surface area contributed by atoms with Crippen LogP contribution in [0.25, 0.3) is 6.08 Å². The molecule has 0 aliphatic carbocycles. The number of hydrogen-bond donors (Lipinski definition) is 0. The highest BCUT2D eigenvalue weighted by Crippen LogP contribution is 2.20. The van der Waals surface area contributed by atoms with Crippen LogP contribution in [-0.2, 0) is 6.42 Å². The van der Waals surface area contributed by atoms with Crippen LogP contribution in [0.5, 0.6) is 0 Å². The summed E-state index contributed by atoms with van der Waals surface area (Å²) in [5.41, 5.74) is 5.91. The molecule has 0 saturated carbocycles. The van der Waals surface area contributed by atoms with E-state index in [2.05, 4.69) is 62.9 Å². The van der Waals surface area contributed by atoms with Crippen molar-refractivity contribution in [3.05, 3.63) is 95.6 Å². The van der Waals surface area contributed by atoms with Gasteiger partial charge < -0.3 is 0 Å². The molecule has 0 nitrogen and oxygen atoms in total. The van der Waals surface area contributed by atoms with Crippen LogP contribution in [-0.4, -0.2) is 7.85 Å². The molecule has 0 aromatic heterocycles. The summed E-state index contributed by atoms with van der Waals surface area (Å²) in [4.78, 5) is 0. The molecule has 0 saturated heterocycles. The highest BCUT2D eigenvalue weighted by molar-refractivity contribution is 6.33. The SMILES string of the molecule is [B]c1ccccc1Cc1ccccc1/C=C(/C)C(C)/C=C\C=C. The summed E-state index contributed by atoms with van der Waals surface area (Å²) in [6.07, 6.45) is 9.10. The van der Waals surface area contributed by atoms with Gasteiger partial charge in [-0.2, -0.15) is 0 Å². The van der Waals surface area contributed by atoms with E-state index >= 15 is 0 Å². The molecule has 1 heteroatoms. The summed E-state index contributed by atoms with van der Waals surface area (Å²) < 4.78 is 0. The lowest BCUT2D eigenvalue weighted by Crippen LogP contribution is -2.10. The molecule has 0 spiro atoms. The highest BCUT2D eigenvalue weighted by atomic mass is 14.1. The molecule has 2 aromatic rings. The first-order valence-corrected chi connectivity index (χ1v) is 8.00. The monoisotopic (exact) mass is 298 g/mol. The van der Waals surface area contributed by atoms with Crippen molar-refractivity contribution in [2.75, 3.05) is 0 Å². The normalized spacial score (nSPS) is 13.2. The van der Waals surface area contributed by atoms with Gasteiger partial charge in [0.2, 0.25) is 0 Å². The molecule has 0 bridgehead atoms. The third-order valence-electron chi connectivity index (χ3n) is 4.13. The smallest absolute Gasteiger partial charge is 0.0991 e. The lowest BCUT2D eigenvalue weighted by Gasteiger charge is -2.12. The molecule has 1 atom stereocenters. The minimum Gasteiger partial charge on any atom is -0.0991 e. The Morgan fingerprint density at radius 2 is 1.74 bits per heavy atom. The van der Waals surface area contributed by atoms with Gasteiger partial charge in [-0.05, 0) is 30.4 Å². The number of rotatable bonds is 6. The van der Waals surface area contributed by atoms with E-state index < -0.39 is 0 Å². The van der Waals surface area contributed by atoms with Crippen molar-refractivity contribution in [2.45, 2.75) is 20.3 Å². The van der Waals surface area contributed by atoms with E-state index in [0.717, 1.165) is 11.9 Å². The van der Waals surface area contributed by atoms with Crippen LogP contribution in [0.3, 0.4) is 0 Å². The van der Waals surface area contributed by atoms with E-state index in [-0.39, 0.29) is 0 Å². The molecule has 114 valence electrons. The van der Waals surface area contributed by atoms with Crippen molar-refractivity contribution in [2.24, 2.45) is 5.92 Å². The highest BCUT2D eigenvalue weighted by Gasteiger charge is 2.05. The molecule has 1 unspecified atom stereocenters. The van der Waals surface area contributed by atoms with Crippen LogP contribution in [0.1, 0.15) is 30.5 Å². The van der Waals surface area contributed by atoms with Crippen molar-refractivity contribution in [1.82, 2.24) is 0 Å². The predicted octanol–water partition coefficient (Wildman–Crippen LogP) is 4.85. The first-order chi connectivity index (χ1) is 11.1. The van der Waals surface area contributed by atoms with Crippen molar-refractivity contribution < 1.29 is 0 Å². The minimum absolute atomic E-state index is 0.392. The lowest BCUT2D eigenvalue weighted by atomic mass is 9.86. The maximum absolute atomic E-state index is 6.09. The second-order valence-electron chi connectivity index (χ2n) is 5.87. The number of hydrogen-bond acceptors (Lipinski definition) is 0. The molecule has 0 fully saturated rings. The second kappa shape index (κ2) is 8.38. The largest absolute Gasteiger partial charge is 0.114 e. The molecule has 0 aliphatic rings. The summed E-state index contributed by atoms with van der Waals surface area (Å²) in [7, 11) is 6.09. The van der Waals surface area contributed by atoms with Crippen LogP contribution in [0, 0.1) is 5.92 Å². The van der Waals surface area contributed by atoms with Crippen molar-refractivity contribution in [1.29, 1.82) is 0 Å². The summed E-state index contributed by atoms with van der Waals surface area (Å²) in [5, 5.41) is 0. The van der Waals surface area contributed by atoms with Crippen molar-refractivity contribution in [3.8, 4) is 0 Å². The van der Waals surface area contributed by atoms with Gasteiger partial charge in [-0.1, -0.05) is 103 Å². The Bertz CT molecular complexity index is 722. The molecule has 2 radical (unpaired) electrons. The van der Waals surface area contributed by atoms with Gasteiger partial charge in [-0.25, -0.2) is 0 Å². The lowest BCUT2D eigenvalue weighted by molar-refractivity contribution is 0.870. The van der Waals surface area contributed by atoms with Gasteiger partial charge in [-0.3, -0.25) is 0 Å². The molecule has 0 heterocycles. The molecular weight excluding hydrogens is 275 g/mol. The maximum atomic E-state index is 6.09. The maximum Gasteiger partial charge on any atom is 0.114 e. The van der Waals surface area contributed by atoms with Crippen molar-refractivity contribution in [3.63, 3.8) is 0 Å². The standard InChI is InChI=1S/C22H23B/c1-4-5-10-17(2)18(3)15-19-11-6-7-12-20(19)16-21-13-8-9-14-22(21)23/h4-15,17H,1,16H2,2-3H3/b10-5-,18-15-. The molecule has 0 N–H and O–H groups in total. The summed E-state index contributed by atoms with van der Waals surface area (Å²) in [6, 6.07) is 16.6. The van der Waals surface area contributed by atoms with E-state index in [1.807, 2.05) is 30.4 Å². The van der Waals surface area contributed by atoms with E-state index in [4.69, 9.17) is 7.85 Å². The van der Waals surface area contributed by atoms with Gasteiger partial charge in [0.05, 0.1) is 0 Å². The Kier molecular flexibility index (Phi) is 6.23. The van der Waals surface area contributed by atoms with E-state index in [1.54, 1.807) is 0 Å². The Labute approximate surface area is 141 Å². The van der Waals surface area contributed by atoms with E-state index in [0.29, 0.717) is 5.92 Å². The van der Waals surface area contributed by atoms with Gasteiger partial charge >= 0.3 is 0 Å². The fourth-order valence-corrected chi connectivity index (χ4v) is 2.51. The molecule has 0 amide bonds. The summed E-state index contributed by atoms with van der Waals surface area (Å²) in [5.74, 6) is 0.392. The van der Waals surface area contributed by atoms with Crippen LogP contribution >= 0.6 is 0 Å². The van der Waals surface area contributed by atoms with E-state index in [1.165, 1.54) is 22.3 Å². The van der Waals surface area contributed by atoms with Crippen LogP contribution in [0.2, 0.25) is 0 Å². The third-order valence-corrected chi connectivity index (χ3v) is 4.13. The Morgan fingerprint density at radius 1 is 1.09 bits per heavy atom. The average molecular weight is 298 g/mol. The molecule has 2 rings (SSSR count). The zero-order chi connectivity index (χ0) is 16.7. The van der Waals surface area contributed by atoms with Crippen LogP contribution in [0.15, 0.2) is 78.9 Å². The Balaban J connectivity index is 2.29. The molecule has 2 aromatic carbocycles. The fraction of sp³-hybridized carbons (Fsp3) is 0.182. The zero-order valence-corrected chi connectivity index (χ0v) is 14.0. The van der Waals surface area contributed by atoms with Crippen molar-refractivity contribution >= 4 is 19.4 Å². The average Bonchev–Trinajstić information content (AvgIpc) is 2.56. The zero-order valence-electron chi connectivity index (χ0n) is 14.0. The Morgan fingerprint density at radius 3 is 2.43 bits per heavy atom. The van der Waals surface area contributed by atoms with E-state index in [9.17, 15) is 0 Å². The van der Waals surface area contributed by atoms with Gasteiger partial charge in [0.15, 0.2) is 0 Å². The molecule has 23 heavy (non-hydrogen) atoms. The molecule has 0 aliphatic heterocycles. The third kappa shape index (κ3) is 4.86. The summed E-state index contributed by atoms with van der Waals surface area (Å²) in [6.45, 7) is 8.10. The van der Waals surface area contributed by atoms with Gasteiger partial charge in [-0.15, -0.1) is 0 Å². The minimum atomic E-state index is 0.392. The predicted molar refractivity (Wildman–Crippen MR) is 103 cm³/mol. The quantitative estimate of drug-likeness (QED) is 0.528. The Hall–Kier alpha value is -2.28. The van der Waals surface area contributed by atoms with Gasteiger partial charge in [0.1, 0.15) is 7.85 Å². The van der Waals surface area contributed by atoms with Gasteiger partial charge in [0, 0.05) is 0 Å². The topological polar surface area (TPSA) is 0 Å².